The van der Waals surface area contributed by atoms with Crippen molar-refractivity contribution in [3.05, 3.63) is 64.1 Å². The minimum atomic E-state index is -0.644. The first-order valence-electron chi connectivity index (χ1n) is 14.5. The van der Waals surface area contributed by atoms with E-state index in [1.165, 1.54) is 6.92 Å². The summed E-state index contributed by atoms with van der Waals surface area (Å²) in [5.41, 5.74) is 3.06. The van der Waals surface area contributed by atoms with Crippen molar-refractivity contribution >= 4 is 17.5 Å². The van der Waals surface area contributed by atoms with Gasteiger partial charge in [-0.25, -0.2) is 0 Å². The van der Waals surface area contributed by atoms with E-state index in [1.807, 2.05) is 38.2 Å². The van der Waals surface area contributed by atoms with Gasteiger partial charge in [0, 0.05) is 31.4 Å². The normalized spacial score (nSPS) is 15.2. The van der Waals surface area contributed by atoms with Gasteiger partial charge in [0.1, 0.15) is 6.04 Å². The average molecular weight is 592 g/mol. The van der Waals surface area contributed by atoms with Gasteiger partial charge in [0.05, 0.1) is 39.6 Å². The number of aromatic nitrogens is 2. The second-order valence-electron chi connectivity index (χ2n) is 10.7. The lowest BCUT2D eigenvalue weighted by Gasteiger charge is -2.24. The van der Waals surface area contributed by atoms with Crippen LogP contribution in [0.15, 0.2) is 47.5 Å². The van der Waals surface area contributed by atoms with Crippen molar-refractivity contribution < 1.29 is 23.8 Å². The Morgan fingerprint density at radius 3 is 2.51 bits per heavy atom. The lowest BCUT2D eigenvalue weighted by atomic mass is 9.95. The third-order valence-electron chi connectivity index (χ3n) is 7.92. The van der Waals surface area contributed by atoms with Crippen LogP contribution in [0.25, 0.3) is 11.1 Å². The molecule has 1 heterocycles. The van der Waals surface area contributed by atoms with E-state index in [2.05, 4.69) is 21.0 Å². The van der Waals surface area contributed by atoms with Crippen molar-refractivity contribution in [2.45, 2.75) is 58.7 Å². The van der Waals surface area contributed by atoms with E-state index in [1.54, 1.807) is 44.3 Å². The standard InChI is InChI=1S/C32H41N5O6/c1-7-19(2)29(32(40)33-14-16-37-15-8-13-34-37)36-25-12-10-22-23(18-26(25)39)24(35-20(3)38)11-9-21-17-27(41-4)30(42-5)31(43-6)28(21)22/h8,10,12-13,15,17-19,24,29H,7,9,11,14,16H2,1-6H3,(H,33,40)(H,35,38)(H,36,39). The number of carbonyl (C=O) groups excluding carboxylic acids is 2. The van der Waals surface area contributed by atoms with E-state index in [-0.39, 0.29) is 28.8 Å². The molecule has 0 bridgehead atoms. The summed E-state index contributed by atoms with van der Waals surface area (Å²) in [4.78, 5) is 39.3. The number of hydrogen-bond acceptors (Lipinski definition) is 8. The summed E-state index contributed by atoms with van der Waals surface area (Å²) in [7, 11) is 4.67. The molecule has 3 atom stereocenters. The molecule has 0 aliphatic heterocycles. The van der Waals surface area contributed by atoms with E-state index >= 15 is 0 Å². The van der Waals surface area contributed by atoms with Crippen LogP contribution in [0.5, 0.6) is 17.2 Å². The number of carbonyl (C=O) groups is 2. The van der Waals surface area contributed by atoms with E-state index in [0.29, 0.717) is 48.7 Å². The molecule has 1 aliphatic rings. The molecular weight excluding hydrogens is 550 g/mol. The molecule has 1 aromatic heterocycles. The summed E-state index contributed by atoms with van der Waals surface area (Å²) in [6.07, 6.45) is 5.41. The van der Waals surface area contributed by atoms with Crippen LogP contribution in [0.3, 0.4) is 0 Å². The number of aryl methyl sites for hydroxylation is 1. The Bertz CT molecular complexity index is 1510. The second-order valence-corrected chi connectivity index (χ2v) is 10.7. The van der Waals surface area contributed by atoms with Crippen molar-refractivity contribution in [3.8, 4) is 28.4 Å². The van der Waals surface area contributed by atoms with E-state index in [4.69, 9.17) is 14.2 Å². The molecule has 43 heavy (non-hydrogen) atoms. The van der Waals surface area contributed by atoms with Gasteiger partial charge in [0.25, 0.3) is 0 Å². The van der Waals surface area contributed by atoms with Crippen molar-refractivity contribution in [1.29, 1.82) is 0 Å². The van der Waals surface area contributed by atoms with E-state index in [9.17, 15) is 14.4 Å². The fraction of sp³-hybridized carbons (Fsp3) is 0.438. The second kappa shape index (κ2) is 14.1. The number of nitrogens with one attached hydrogen (secondary N) is 3. The highest BCUT2D eigenvalue weighted by Gasteiger charge is 2.30. The van der Waals surface area contributed by atoms with Gasteiger partial charge in [-0.1, -0.05) is 26.3 Å². The quantitative estimate of drug-likeness (QED) is 0.291. The Morgan fingerprint density at radius 2 is 1.88 bits per heavy atom. The molecule has 0 radical (unpaired) electrons. The van der Waals surface area contributed by atoms with Gasteiger partial charge < -0.3 is 30.2 Å². The first-order valence-corrected chi connectivity index (χ1v) is 14.5. The highest BCUT2D eigenvalue weighted by Crippen LogP contribution is 2.50. The molecule has 4 rings (SSSR count). The molecule has 0 saturated carbocycles. The van der Waals surface area contributed by atoms with Gasteiger partial charge in [0.15, 0.2) is 11.5 Å². The molecule has 2 amide bonds. The van der Waals surface area contributed by atoms with Gasteiger partial charge in [-0.05, 0) is 59.7 Å². The molecule has 3 N–H and O–H groups in total. The van der Waals surface area contributed by atoms with Crippen LogP contribution in [0.2, 0.25) is 0 Å². The van der Waals surface area contributed by atoms with Crippen LogP contribution >= 0.6 is 0 Å². The number of ether oxygens (including phenoxy) is 3. The third-order valence-corrected chi connectivity index (χ3v) is 7.92. The molecule has 0 saturated heterocycles. The van der Waals surface area contributed by atoms with Gasteiger partial charge in [-0.2, -0.15) is 5.10 Å². The molecule has 3 unspecified atom stereocenters. The minimum Gasteiger partial charge on any atom is -0.493 e. The van der Waals surface area contributed by atoms with Crippen molar-refractivity contribution in [2.24, 2.45) is 5.92 Å². The summed E-state index contributed by atoms with van der Waals surface area (Å²) in [5, 5.41) is 13.4. The zero-order chi connectivity index (χ0) is 31.1. The fourth-order valence-electron chi connectivity index (χ4n) is 5.53. The summed E-state index contributed by atoms with van der Waals surface area (Å²) in [6, 6.07) is 7.76. The molecule has 0 fully saturated rings. The summed E-state index contributed by atoms with van der Waals surface area (Å²) >= 11 is 0. The first-order chi connectivity index (χ1) is 20.7. The predicted octanol–water partition coefficient (Wildman–Crippen LogP) is 3.70. The first kappa shape index (κ1) is 31.4. The Hall–Kier alpha value is -4.54. The summed E-state index contributed by atoms with van der Waals surface area (Å²) < 4.78 is 18.9. The Kier molecular flexibility index (Phi) is 10.3. The number of rotatable bonds is 12. The van der Waals surface area contributed by atoms with Gasteiger partial charge >= 0.3 is 0 Å². The number of benzene rings is 1. The van der Waals surface area contributed by atoms with Crippen LogP contribution in [0.4, 0.5) is 5.69 Å². The molecule has 11 nitrogen and oxygen atoms in total. The van der Waals surface area contributed by atoms with Gasteiger partial charge in [0.2, 0.25) is 23.0 Å². The van der Waals surface area contributed by atoms with E-state index < -0.39 is 12.1 Å². The third kappa shape index (κ3) is 6.93. The molecule has 11 heteroatoms. The van der Waals surface area contributed by atoms with Gasteiger partial charge in [-0.15, -0.1) is 0 Å². The van der Waals surface area contributed by atoms with Crippen LogP contribution in [0, 0.1) is 5.92 Å². The van der Waals surface area contributed by atoms with Crippen molar-refractivity contribution in [3.63, 3.8) is 0 Å². The molecule has 3 aromatic rings. The fourth-order valence-corrected chi connectivity index (χ4v) is 5.53. The van der Waals surface area contributed by atoms with Gasteiger partial charge in [-0.3, -0.25) is 19.1 Å². The number of nitrogens with zero attached hydrogens (tertiary/aromatic N) is 2. The number of fused-ring (bicyclic) bond motifs is 3. The van der Waals surface area contributed by atoms with E-state index in [0.717, 1.165) is 23.1 Å². The lowest BCUT2D eigenvalue weighted by Crippen LogP contribution is -2.45. The maximum absolute atomic E-state index is 13.8. The maximum atomic E-state index is 13.8. The number of anilines is 1. The van der Waals surface area contributed by atoms with Crippen molar-refractivity contribution in [1.82, 2.24) is 20.4 Å². The lowest BCUT2D eigenvalue weighted by molar-refractivity contribution is -0.123. The van der Waals surface area contributed by atoms with Crippen LogP contribution < -0.4 is 35.6 Å². The Labute approximate surface area is 251 Å². The predicted molar refractivity (Wildman–Crippen MR) is 165 cm³/mol. The zero-order valence-electron chi connectivity index (χ0n) is 25.7. The number of hydrogen-bond donors (Lipinski definition) is 3. The summed E-state index contributed by atoms with van der Waals surface area (Å²) in [5.74, 6) is 0.975. The SMILES string of the molecule is CCC(C)C(Nc1ccc2c(cc1=O)C(NC(C)=O)CCc1cc(OC)c(OC)c(OC)c1-2)C(=O)NCCn1cccn1. The van der Waals surface area contributed by atoms with Crippen LogP contribution in [0.1, 0.15) is 50.8 Å². The Morgan fingerprint density at radius 1 is 1.12 bits per heavy atom. The molecule has 230 valence electrons. The molecule has 0 spiro atoms. The van der Waals surface area contributed by atoms with Crippen molar-refractivity contribution in [2.75, 3.05) is 33.2 Å². The monoisotopic (exact) mass is 591 g/mol. The Balaban J connectivity index is 1.79. The summed E-state index contributed by atoms with van der Waals surface area (Å²) in [6.45, 7) is 6.37. The highest BCUT2D eigenvalue weighted by atomic mass is 16.5. The number of amides is 2. The zero-order valence-corrected chi connectivity index (χ0v) is 25.7. The maximum Gasteiger partial charge on any atom is 0.242 e. The average Bonchev–Trinajstić information content (AvgIpc) is 3.41. The molecular formula is C32H41N5O6. The molecule has 2 aromatic carbocycles. The largest absolute Gasteiger partial charge is 0.493 e. The number of methoxy groups -OCH3 is 3. The molecule has 1 aliphatic carbocycles. The topological polar surface area (TPSA) is 133 Å². The smallest absolute Gasteiger partial charge is 0.242 e. The van der Waals surface area contributed by atoms with Crippen LogP contribution in [-0.4, -0.2) is 55.5 Å². The highest BCUT2D eigenvalue weighted by molar-refractivity contribution is 5.86. The van der Waals surface area contributed by atoms with Crippen LogP contribution in [-0.2, 0) is 22.6 Å². The minimum absolute atomic E-state index is 0.0582.